The number of anilines is 1. The van der Waals surface area contributed by atoms with Gasteiger partial charge in [0.25, 0.3) is 0 Å². The molecule has 0 radical (unpaired) electrons. The van der Waals surface area contributed by atoms with Gasteiger partial charge in [-0.1, -0.05) is 30.7 Å². The van der Waals surface area contributed by atoms with E-state index >= 15 is 4.39 Å². The first-order chi connectivity index (χ1) is 19.5. The van der Waals surface area contributed by atoms with Crippen LogP contribution < -0.4 is 5.32 Å². The minimum absolute atomic E-state index is 0.147. The van der Waals surface area contributed by atoms with Crippen molar-refractivity contribution in [2.45, 2.75) is 82.1 Å². The molecule has 3 aromatic rings. The molecule has 40 heavy (non-hydrogen) atoms. The molecule has 0 spiro atoms. The van der Waals surface area contributed by atoms with Gasteiger partial charge < -0.3 is 15.2 Å². The second-order valence-corrected chi connectivity index (χ2v) is 11.7. The van der Waals surface area contributed by atoms with E-state index < -0.39 is 18.2 Å². The lowest BCUT2D eigenvalue weighted by molar-refractivity contribution is -0.143. The number of halogens is 1. The van der Waals surface area contributed by atoms with Crippen molar-refractivity contribution in [2.75, 3.05) is 32.1 Å². The number of aryl methyl sites for hydroxylation is 2. The molecule has 9 heteroatoms. The Morgan fingerprint density at radius 1 is 1.25 bits per heavy atom. The average molecular weight is 550 g/mol. The molecule has 1 saturated carbocycles. The van der Waals surface area contributed by atoms with Gasteiger partial charge in [-0.2, -0.15) is 5.10 Å². The van der Waals surface area contributed by atoms with Gasteiger partial charge in [0, 0.05) is 42.8 Å². The standard InChI is InChI=1S/C31H40FN5O3/c1-40-25-16-24(17-25)37-28-21(18-34-37)6-4-9-26(28)29(31(38)39)36-15-13-22(19-36)27(32)10-3-2-8-23-12-11-20-7-5-14-33-30(20)35-23/h4,6,9,11-12,18,22,24-25,27,29H,2-3,5,7-8,10,13-17,19H2,1H3,(H,33,35)(H,38,39)/t22-,24?,25?,27?,29?/m1/s1. The van der Waals surface area contributed by atoms with Crippen LogP contribution in [0.25, 0.3) is 10.9 Å². The largest absolute Gasteiger partial charge is 0.480 e. The van der Waals surface area contributed by atoms with Gasteiger partial charge in [0.05, 0.1) is 23.9 Å². The highest BCUT2D eigenvalue weighted by molar-refractivity contribution is 5.88. The highest BCUT2D eigenvalue weighted by Gasteiger charge is 2.39. The van der Waals surface area contributed by atoms with Gasteiger partial charge in [0.1, 0.15) is 18.0 Å². The molecule has 2 aliphatic heterocycles. The summed E-state index contributed by atoms with van der Waals surface area (Å²) in [5, 5.41) is 19.3. The molecule has 0 bridgehead atoms. The fourth-order valence-corrected chi connectivity index (χ4v) is 6.78. The number of hydrogen-bond donors (Lipinski definition) is 2. The Bertz CT molecular complexity index is 1340. The third kappa shape index (κ3) is 5.46. The number of aliphatic carboxylic acids is 1. The van der Waals surface area contributed by atoms with Crippen molar-refractivity contribution < 1.29 is 19.0 Å². The van der Waals surface area contributed by atoms with E-state index in [1.54, 1.807) is 7.11 Å². The number of likely N-dealkylation sites (tertiary alicyclic amines) is 1. The van der Waals surface area contributed by atoms with Gasteiger partial charge >= 0.3 is 5.97 Å². The molecule has 8 nitrogen and oxygen atoms in total. The summed E-state index contributed by atoms with van der Waals surface area (Å²) in [6.45, 7) is 2.01. The third-order valence-corrected chi connectivity index (χ3v) is 9.17. The van der Waals surface area contributed by atoms with Crippen LogP contribution in [0.2, 0.25) is 0 Å². The zero-order valence-corrected chi connectivity index (χ0v) is 23.3. The van der Waals surface area contributed by atoms with Crippen molar-refractivity contribution >= 4 is 22.7 Å². The van der Waals surface area contributed by atoms with Crippen LogP contribution in [0.3, 0.4) is 0 Å². The molecule has 3 aliphatic rings. The Morgan fingerprint density at radius 3 is 2.95 bits per heavy atom. The molecule has 2 N–H and O–H groups in total. The number of nitrogens with one attached hydrogen (secondary N) is 1. The van der Waals surface area contributed by atoms with Gasteiger partial charge in [-0.05, 0) is 69.5 Å². The van der Waals surface area contributed by atoms with Gasteiger partial charge in [0.2, 0.25) is 0 Å². The SMILES string of the molecule is COC1CC(n2ncc3cccc(C(C(=O)O)N4CC[C@@H](C(F)CCCCc5ccc6c(n5)NCCC6)C4)c32)C1. The molecule has 2 aromatic heterocycles. The van der Waals surface area contributed by atoms with Gasteiger partial charge in [0.15, 0.2) is 0 Å². The number of fused-ring (bicyclic) bond motifs is 2. The molecular formula is C31H40FN5O3. The van der Waals surface area contributed by atoms with Crippen molar-refractivity contribution in [1.82, 2.24) is 19.7 Å². The third-order valence-electron chi connectivity index (χ3n) is 9.17. The number of rotatable bonds is 11. The summed E-state index contributed by atoms with van der Waals surface area (Å²) in [4.78, 5) is 19.3. The maximum absolute atomic E-state index is 15.4. The molecule has 1 aromatic carbocycles. The molecule has 1 saturated heterocycles. The summed E-state index contributed by atoms with van der Waals surface area (Å²) >= 11 is 0. The minimum atomic E-state index is -0.931. The van der Waals surface area contributed by atoms with Crippen LogP contribution in [0.1, 0.15) is 73.9 Å². The van der Waals surface area contributed by atoms with E-state index in [0.29, 0.717) is 25.9 Å². The topological polar surface area (TPSA) is 92.5 Å². The monoisotopic (exact) mass is 549 g/mol. The number of alkyl halides is 1. The number of nitrogens with zero attached hydrogens (tertiary/aromatic N) is 4. The molecule has 2 fully saturated rings. The molecule has 2 unspecified atom stereocenters. The molecule has 3 atom stereocenters. The number of hydrogen-bond acceptors (Lipinski definition) is 6. The lowest BCUT2D eigenvalue weighted by atomic mass is 9.89. The summed E-state index contributed by atoms with van der Waals surface area (Å²) in [5.41, 5.74) is 3.97. The van der Waals surface area contributed by atoms with Crippen molar-refractivity contribution in [3.05, 3.63) is 53.3 Å². The number of para-hydroxylation sites is 1. The van der Waals surface area contributed by atoms with E-state index in [4.69, 9.17) is 9.72 Å². The smallest absolute Gasteiger partial charge is 0.325 e. The highest BCUT2D eigenvalue weighted by Crippen LogP contribution is 2.39. The van der Waals surface area contributed by atoms with Crippen molar-refractivity contribution in [3.8, 4) is 0 Å². The van der Waals surface area contributed by atoms with Crippen molar-refractivity contribution in [3.63, 3.8) is 0 Å². The number of unbranched alkanes of at least 4 members (excludes halogenated alkanes) is 1. The number of carboxylic acid groups (broad SMARTS) is 1. The molecule has 0 amide bonds. The summed E-state index contributed by atoms with van der Waals surface area (Å²) in [6.07, 6.45) is 8.80. The van der Waals surface area contributed by atoms with Gasteiger partial charge in [-0.15, -0.1) is 0 Å². The summed E-state index contributed by atoms with van der Waals surface area (Å²) in [5.74, 6) is -0.0328. The van der Waals surface area contributed by atoms with Crippen LogP contribution in [0.5, 0.6) is 0 Å². The summed E-state index contributed by atoms with van der Waals surface area (Å²) in [7, 11) is 1.72. The zero-order valence-electron chi connectivity index (χ0n) is 23.3. The number of pyridine rings is 1. The van der Waals surface area contributed by atoms with E-state index in [2.05, 4.69) is 22.5 Å². The maximum Gasteiger partial charge on any atom is 0.325 e. The van der Waals surface area contributed by atoms with E-state index in [-0.39, 0.29) is 18.1 Å². The molecule has 214 valence electrons. The number of aromatic nitrogens is 3. The molecule has 4 heterocycles. The highest BCUT2D eigenvalue weighted by atomic mass is 19.1. The molecule has 1 aliphatic carbocycles. The number of ether oxygens (including phenoxy) is 1. The van der Waals surface area contributed by atoms with Gasteiger partial charge in [-0.3, -0.25) is 14.4 Å². The number of carbonyl (C=O) groups is 1. The first kappa shape index (κ1) is 27.1. The average Bonchev–Trinajstić information content (AvgIpc) is 3.59. The van der Waals surface area contributed by atoms with Gasteiger partial charge in [-0.25, -0.2) is 9.37 Å². The second kappa shape index (κ2) is 11.8. The lowest BCUT2D eigenvalue weighted by Crippen LogP contribution is -2.35. The Labute approximate surface area is 234 Å². The number of benzene rings is 1. The number of methoxy groups -OCH3 is 1. The van der Waals surface area contributed by atoms with E-state index in [9.17, 15) is 9.90 Å². The van der Waals surface area contributed by atoms with Crippen LogP contribution in [0, 0.1) is 5.92 Å². The quantitative estimate of drug-likeness (QED) is 0.312. The van der Waals surface area contributed by atoms with Crippen LogP contribution >= 0.6 is 0 Å². The van der Waals surface area contributed by atoms with E-state index in [1.807, 2.05) is 34.0 Å². The number of carboxylic acids is 1. The van der Waals surface area contributed by atoms with Crippen LogP contribution in [0.15, 0.2) is 36.5 Å². The van der Waals surface area contributed by atoms with Crippen LogP contribution in [-0.2, 0) is 22.4 Å². The minimum Gasteiger partial charge on any atom is -0.480 e. The summed E-state index contributed by atoms with van der Waals surface area (Å²) < 4.78 is 22.8. The van der Waals surface area contributed by atoms with E-state index in [1.165, 1.54) is 5.56 Å². The Hall–Kier alpha value is -3.04. The van der Waals surface area contributed by atoms with Crippen molar-refractivity contribution in [1.29, 1.82) is 0 Å². The van der Waals surface area contributed by atoms with Crippen molar-refractivity contribution in [2.24, 2.45) is 5.92 Å². The Morgan fingerprint density at radius 2 is 2.12 bits per heavy atom. The molecular weight excluding hydrogens is 509 g/mol. The fourth-order valence-electron chi connectivity index (χ4n) is 6.78. The Kier molecular flexibility index (Phi) is 8.03. The lowest BCUT2D eigenvalue weighted by Gasteiger charge is -2.35. The first-order valence-electron chi connectivity index (χ1n) is 14.8. The fraction of sp³-hybridized carbons (Fsp3) is 0.581. The van der Waals surface area contributed by atoms with E-state index in [0.717, 1.165) is 79.5 Å². The normalized spacial score (nSPS) is 24.3. The second-order valence-electron chi connectivity index (χ2n) is 11.7. The zero-order chi connectivity index (χ0) is 27.6. The predicted octanol–water partition coefficient (Wildman–Crippen LogP) is 5.34. The molecule has 6 rings (SSSR count). The Balaban J connectivity index is 1.07. The predicted molar refractivity (Wildman–Crippen MR) is 152 cm³/mol. The van der Waals surface area contributed by atoms with Crippen LogP contribution in [-0.4, -0.2) is 69.8 Å². The summed E-state index contributed by atoms with van der Waals surface area (Å²) in [6, 6.07) is 9.43. The first-order valence-corrected chi connectivity index (χ1v) is 14.8. The van der Waals surface area contributed by atoms with Crippen LogP contribution in [0.4, 0.5) is 10.2 Å². The maximum atomic E-state index is 15.4.